The fourth-order valence-electron chi connectivity index (χ4n) is 3.90. The van der Waals surface area contributed by atoms with Gasteiger partial charge in [-0.15, -0.1) is 0 Å². The Hall–Kier alpha value is -4.31. The zero-order valence-electron chi connectivity index (χ0n) is 20.6. The molecule has 0 saturated heterocycles. The van der Waals surface area contributed by atoms with E-state index in [1.165, 1.54) is 7.11 Å². The van der Waals surface area contributed by atoms with Crippen LogP contribution in [0.5, 0.6) is 0 Å². The summed E-state index contributed by atoms with van der Waals surface area (Å²) in [5.74, 6) is -1.98. The number of hydrogen-bond donors (Lipinski definition) is 5. The van der Waals surface area contributed by atoms with Crippen LogP contribution in [0.2, 0.25) is 0 Å². The number of H-pyrrole nitrogens is 1. The summed E-state index contributed by atoms with van der Waals surface area (Å²) < 4.78 is 4.89. The second-order valence-electron chi connectivity index (χ2n) is 8.53. The van der Waals surface area contributed by atoms with E-state index in [4.69, 9.17) is 10.1 Å². The second kappa shape index (κ2) is 13.7. The van der Waals surface area contributed by atoms with Crippen molar-refractivity contribution < 1.29 is 23.9 Å². The number of amides is 3. The Balaban J connectivity index is 1.77. The average Bonchev–Trinajstić information content (AvgIpc) is 3.32. The van der Waals surface area contributed by atoms with E-state index in [9.17, 15) is 19.2 Å². The molecule has 37 heavy (non-hydrogen) atoms. The quantitative estimate of drug-likeness (QED) is 0.211. The van der Waals surface area contributed by atoms with Gasteiger partial charge in [-0.2, -0.15) is 0 Å². The van der Waals surface area contributed by atoms with Crippen LogP contribution in [0.25, 0.3) is 10.9 Å². The number of aromatic amines is 1. The van der Waals surface area contributed by atoms with E-state index in [0.29, 0.717) is 6.21 Å². The van der Waals surface area contributed by atoms with Gasteiger partial charge in [-0.3, -0.25) is 19.2 Å². The van der Waals surface area contributed by atoms with Crippen molar-refractivity contribution in [3.8, 4) is 0 Å². The SMILES string of the molecule is COCC(=O)N[C@@H](Cc1c[nH]c2ccccc12)C(=O)N[C@@H](CCC(=O)C=N)C(=O)NCc1ccccc1. The molecule has 1 heterocycles. The Morgan fingerprint density at radius 3 is 2.43 bits per heavy atom. The van der Waals surface area contributed by atoms with Crippen molar-refractivity contribution >= 4 is 40.6 Å². The molecule has 2 atom stereocenters. The van der Waals surface area contributed by atoms with E-state index in [1.54, 1.807) is 6.20 Å². The summed E-state index contributed by atoms with van der Waals surface area (Å²) in [6, 6.07) is 14.8. The number of Topliss-reactive ketones (excluding diaryl/α,β-unsaturated/α-hetero) is 1. The highest BCUT2D eigenvalue weighted by molar-refractivity contribution is 6.26. The first-order chi connectivity index (χ1) is 17.9. The fourth-order valence-corrected chi connectivity index (χ4v) is 3.90. The second-order valence-corrected chi connectivity index (χ2v) is 8.53. The fraction of sp³-hybridized carbons (Fsp3) is 0.296. The van der Waals surface area contributed by atoms with Crippen LogP contribution < -0.4 is 16.0 Å². The van der Waals surface area contributed by atoms with Crippen LogP contribution in [0.15, 0.2) is 60.8 Å². The summed E-state index contributed by atoms with van der Waals surface area (Å²) in [4.78, 5) is 53.5. The minimum absolute atomic E-state index is 0.00635. The minimum atomic E-state index is -1.04. The van der Waals surface area contributed by atoms with Gasteiger partial charge in [0.25, 0.3) is 0 Å². The summed E-state index contributed by atoms with van der Waals surface area (Å²) in [5, 5.41) is 16.2. The number of para-hydroxylation sites is 1. The summed E-state index contributed by atoms with van der Waals surface area (Å²) in [6.45, 7) is 0.0143. The predicted octanol–water partition coefficient (Wildman–Crippen LogP) is 1.64. The topological polar surface area (TPSA) is 153 Å². The first-order valence-electron chi connectivity index (χ1n) is 11.9. The lowest BCUT2D eigenvalue weighted by atomic mass is 10.0. The first kappa shape index (κ1) is 27.3. The molecule has 1 aromatic heterocycles. The molecular weight excluding hydrogens is 474 g/mol. The van der Waals surface area contributed by atoms with Crippen LogP contribution in [0.1, 0.15) is 24.0 Å². The van der Waals surface area contributed by atoms with Gasteiger partial charge in [-0.25, -0.2) is 0 Å². The number of ketones is 1. The van der Waals surface area contributed by atoms with E-state index >= 15 is 0 Å². The lowest BCUT2D eigenvalue weighted by molar-refractivity contribution is -0.133. The van der Waals surface area contributed by atoms with Crippen molar-refractivity contribution in [1.82, 2.24) is 20.9 Å². The van der Waals surface area contributed by atoms with E-state index in [1.807, 2.05) is 54.6 Å². The van der Waals surface area contributed by atoms with Crippen molar-refractivity contribution in [2.75, 3.05) is 13.7 Å². The molecule has 10 nitrogen and oxygen atoms in total. The van der Waals surface area contributed by atoms with Crippen molar-refractivity contribution in [3.63, 3.8) is 0 Å². The minimum Gasteiger partial charge on any atom is -0.375 e. The number of carbonyl (C=O) groups excluding carboxylic acids is 4. The molecule has 194 valence electrons. The highest BCUT2D eigenvalue weighted by Gasteiger charge is 2.28. The summed E-state index contributed by atoms with van der Waals surface area (Å²) in [5.41, 5.74) is 2.58. The van der Waals surface area contributed by atoms with Crippen LogP contribution in [0.3, 0.4) is 0 Å². The van der Waals surface area contributed by atoms with Gasteiger partial charge in [0, 0.05) is 43.6 Å². The highest BCUT2D eigenvalue weighted by Crippen LogP contribution is 2.19. The average molecular weight is 506 g/mol. The Kier molecular flexibility index (Phi) is 10.1. The molecule has 0 saturated carbocycles. The van der Waals surface area contributed by atoms with E-state index in [0.717, 1.165) is 22.0 Å². The molecule has 5 N–H and O–H groups in total. The Morgan fingerprint density at radius 2 is 1.70 bits per heavy atom. The van der Waals surface area contributed by atoms with Gasteiger partial charge in [0.05, 0.1) is 6.21 Å². The molecule has 0 radical (unpaired) electrons. The molecule has 0 fully saturated rings. The summed E-state index contributed by atoms with van der Waals surface area (Å²) >= 11 is 0. The summed E-state index contributed by atoms with van der Waals surface area (Å²) in [7, 11) is 1.38. The van der Waals surface area contributed by atoms with Crippen molar-refractivity contribution in [1.29, 1.82) is 5.41 Å². The molecule has 0 aliphatic heterocycles. The Morgan fingerprint density at radius 1 is 0.973 bits per heavy atom. The zero-order valence-corrected chi connectivity index (χ0v) is 20.6. The van der Waals surface area contributed by atoms with E-state index in [-0.39, 0.29) is 32.4 Å². The third-order valence-corrected chi connectivity index (χ3v) is 5.81. The van der Waals surface area contributed by atoms with E-state index < -0.39 is 35.6 Å². The van der Waals surface area contributed by atoms with Crippen molar-refractivity contribution in [2.24, 2.45) is 0 Å². The number of carbonyl (C=O) groups is 4. The number of benzene rings is 2. The van der Waals surface area contributed by atoms with Gasteiger partial charge in [-0.1, -0.05) is 48.5 Å². The van der Waals surface area contributed by atoms with Gasteiger partial charge in [0.2, 0.25) is 17.7 Å². The summed E-state index contributed by atoms with van der Waals surface area (Å²) in [6.07, 6.45) is 2.55. The van der Waals surface area contributed by atoms with Crippen LogP contribution in [-0.2, 0) is 36.9 Å². The highest BCUT2D eigenvalue weighted by atomic mass is 16.5. The zero-order chi connectivity index (χ0) is 26.6. The number of fused-ring (bicyclic) bond motifs is 1. The molecule has 3 amide bonds. The Bertz CT molecular complexity index is 1240. The molecule has 2 aromatic carbocycles. The standard InChI is InChI=1S/C27H31N5O5/c1-37-17-25(34)31-24(13-19-16-29-22-10-6-5-9-21(19)22)27(36)32-23(12-11-20(33)14-28)26(35)30-15-18-7-3-2-4-8-18/h2-10,14,16,23-24,28-29H,11-13,15,17H2,1H3,(H,30,35)(H,31,34)(H,32,36)/t23-,24-/m0/s1. The predicted molar refractivity (Wildman–Crippen MR) is 139 cm³/mol. The molecule has 3 aromatic rings. The van der Waals surface area contributed by atoms with Gasteiger partial charge in [-0.05, 0) is 23.6 Å². The molecule has 0 spiro atoms. The number of aromatic nitrogens is 1. The lowest BCUT2D eigenvalue weighted by Crippen LogP contribution is -2.54. The number of hydrogen-bond acceptors (Lipinski definition) is 6. The molecule has 0 aliphatic rings. The Labute approximate surface area is 214 Å². The van der Waals surface area contributed by atoms with Crippen LogP contribution in [-0.4, -0.2) is 60.5 Å². The van der Waals surface area contributed by atoms with Gasteiger partial charge >= 0.3 is 0 Å². The van der Waals surface area contributed by atoms with Crippen molar-refractivity contribution in [3.05, 3.63) is 71.9 Å². The number of methoxy groups -OCH3 is 1. The van der Waals surface area contributed by atoms with Crippen LogP contribution >= 0.6 is 0 Å². The molecule has 0 unspecified atom stereocenters. The number of rotatable bonds is 14. The van der Waals surface area contributed by atoms with Gasteiger partial charge in [0.15, 0.2) is 5.78 Å². The third-order valence-electron chi connectivity index (χ3n) is 5.81. The monoisotopic (exact) mass is 505 g/mol. The van der Waals surface area contributed by atoms with Gasteiger partial charge in [0.1, 0.15) is 18.7 Å². The van der Waals surface area contributed by atoms with Crippen LogP contribution in [0, 0.1) is 5.41 Å². The van der Waals surface area contributed by atoms with Crippen LogP contribution in [0.4, 0.5) is 0 Å². The van der Waals surface area contributed by atoms with Gasteiger partial charge < -0.3 is 31.1 Å². The molecule has 10 heteroatoms. The first-order valence-corrected chi connectivity index (χ1v) is 11.9. The molecule has 0 bridgehead atoms. The maximum atomic E-state index is 13.4. The largest absolute Gasteiger partial charge is 0.375 e. The number of ether oxygens (including phenoxy) is 1. The lowest BCUT2D eigenvalue weighted by Gasteiger charge is -2.23. The smallest absolute Gasteiger partial charge is 0.246 e. The van der Waals surface area contributed by atoms with E-state index in [2.05, 4.69) is 20.9 Å². The molecule has 0 aliphatic carbocycles. The molecular formula is C27H31N5O5. The van der Waals surface area contributed by atoms with Crippen molar-refractivity contribution in [2.45, 2.75) is 37.9 Å². The maximum Gasteiger partial charge on any atom is 0.246 e. The normalized spacial score (nSPS) is 12.4. The maximum absolute atomic E-state index is 13.4. The third kappa shape index (κ3) is 8.11. The number of nitrogens with one attached hydrogen (secondary N) is 5. The molecule has 3 rings (SSSR count).